The number of aliphatic hydroxyl groups excluding tert-OH is 1. The maximum Gasteiger partial charge on any atom is 0.327 e. The molecule has 0 aliphatic heterocycles. The van der Waals surface area contributed by atoms with E-state index in [9.17, 15) is 19.8 Å². The molecule has 22 heavy (non-hydrogen) atoms. The first-order chi connectivity index (χ1) is 10.3. The monoisotopic (exact) mass is 323 g/mol. The summed E-state index contributed by atoms with van der Waals surface area (Å²) in [4.78, 5) is 20.5. The van der Waals surface area contributed by atoms with Crippen molar-refractivity contribution in [3.63, 3.8) is 0 Å². The Morgan fingerprint density at radius 2 is 2.09 bits per heavy atom. The molecular weight excluding hydrogens is 306 g/mol. The van der Waals surface area contributed by atoms with Crippen LogP contribution in [0.1, 0.15) is 18.1 Å². The first kappa shape index (κ1) is 16.5. The van der Waals surface area contributed by atoms with Crippen LogP contribution >= 0.6 is 11.8 Å². The third kappa shape index (κ3) is 3.32. The summed E-state index contributed by atoms with van der Waals surface area (Å²) < 4.78 is 0. The largest absolute Gasteiger partial charge is 0.480 e. The number of carboxylic acid groups (broad SMARTS) is 1. The van der Waals surface area contributed by atoms with E-state index >= 15 is 0 Å². The van der Waals surface area contributed by atoms with E-state index in [0.29, 0.717) is 5.56 Å². The Balaban J connectivity index is 2.21. The summed E-state index contributed by atoms with van der Waals surface area (Å²) in [6.07, 6.45) is 2.00. The molecule has 0 radical (unpaired) electrons. The minimum atomic E-state index is -1.66. The second-order valence-corrected chi connectivity index (χ2v) is 6.23. The first-order valence-electron chi connectivity index (χ1n) is 6.66. The van der Waals surface area contributed by atoms with Crippen molar-refractivity contribution in [2.45, 2.75) is 24.0 Å². The zero-order chi connectivity index (χ0) is 16.3. The molecule has 0 aromatic heterocycles. The van der Waals surface area contributed by atoms with E-state index < -0.39 is 29.0 Å². The minimum Gasteiger partial charge on any atom is -0.480 e. The topological polar surface area (TPSA) is 107 Å². The molecule has 1 aromatic rings. The molecule has 1 aromatic carbocycles. The Hall–Kier alpha value is -1.83. The molecule has 1 amide bonds. The Kier molecular flexibility index (Phi) is 4.90. The summed E-state index contributed by atoms with van der Waals surface area (Å²) >= 11 is 0.888. The van der Waals surface area contributed by atoms with Crippen LogP contribution in [0.2, 0.25) is 0 Å². The van der Waals surface area contributed by atoms with Crippen LogP contribution in [0.15, 0.2) is 30.3 Å². The number of aliphatic carboxylic acids is 1. The van der Waals surface area contributed by atoms with Gasteiger partial charge in [-0.05, 0) is 5.56 Å². The van der Waals surface area contributed by atoms with Gasteiger partial charge in [-0.25, -0.2) is 4.79 Å². The lowest BCUT2D eigenvalue weighted by molar-refractivity contribution is -0.140. The van der Waals surface area contributed by atoms with Crippen LogP contribution in [0.4, 0.5) is 0 Å². The number of amides is 1. The maximum absolute atomic E-state index is 11.2. The van der Waals surface area contributed by atoms with Gasteiger partial charge >= 0.3 is 5.97 Å². The summed E-state index contributed by atoms with van der Waals surface area (Å²) in [5.74, 6) is -1.74. The predicted molar refractivity (Wildman–Crippen MR) is 83.1 cm³/mol. The lowest BCUT2D eigenvalue weighted by atomic mass is 9.92. The SMILES string of the molecule is CC(=O)NC(CSC1(O)c2ccccc2C=CC1O)C(=O)O. The fourth-order valence-corrected chi connectivity index (χ4v) is 3.48. The van der Waals surface area contributed by atoms with E-state index in [2.05, 4.69) is 5.32 Å². The third-order valence-corrected chi connectivity index (χ3v) is 4.75. The number of hydrogen-bond donors (Lipinski definition) is 4. The molecule has 0 bridgehead atoms. The van der Waals surface area contributed by atoms with Crippen molar-refractivity contribution in [2.75, 3.05) is 5.75 Å². The molecule has 1 aliphatic carbocycles. The quantitative estimate of drug-likeness (QED) is 0.589. The van der Waals surface area contributed by atoms with Crippen LogP contribution < -0.4 is 5.32 Å². The molecule has 0 saturated carbocycles. The third-order valence-electron chi connectivity index (χ3n) is 3.35. The summed E-state index contributed by atoms with van der Waals surface area (Å²) in [6, 6.07) is 5.88. The van der Waals surface area contributed by atoms with Crippen LogP contribution in [-0.2, 0) is 14.5 Å². The zero-order valence-electron chi connectivity index (χ0n) is 11.9. The molecule has 2 rings (SSSR count). The van der Waals surface area contributed by atoms with E-state index in [1.54, 1.807) is 24.3 Å². The van der Waals surface area contributed by atoms with Crippen LogP contribution in [0.25, 0.3) is 6.08 Å². The Bertz CT molecular complexity index is 618. The average Bonchev–Trinajstić information content (AvgIpc) is 2.47. The number of thioether (sulfide) groups is 1. The van der Waals surface area contributed by atoms with E-state index in [4.69, 9.17) is 5.11 Å². The molecule has 7 heteroatoms. The Labute approximate surface area is 131 Å². The number of rotatable bonds is 5. The highest BCUT2D eigenvalue weighted by atomic mass is 32.2. The van der Waals surface area contributed by atoms with Crippen LogP contribution in [0, 0.1) is 0 Å². The van der Waals surface area contributed by atoms with Gasteiger partial charge in [0.2, 0.25) is 5.91 Å². The van der Waals surface area contributed by atoms with Gasteiger partial charge in [-0.2, -0.15) is 0 Å². The van der Waals surface area contributed by atoms with Gasteiger partial charge in [-0.1, -0.05) is 36.4 Å². The fourth-order valence-electron chi connectivity index (χ4n) is 2.25. The van der Waals surface area contributed by atoms with E-state index in [-0.39, 0.29) is 5.75 Å². The number of nitrogens with one attached hydrogen (secondary N) is 1. The number of carboxylic acids is 1. The number of hydrogen-bond acceptors (Lipinski definition) is 5. The molecule has 1 aliphatic rings. The molecule has 0 fully saturated rings. The van der Waals surface area contributed by atoms with E-state index in [1.807, 2.05) is 6.07 Å². The normalized spacial score (nSPS) is 24.4. The van der Waals surface area contributed by atoms with Gasteiger partial charge in [0.15, 0.2) is 4.93 Å². The molecule has 0 saturated heterocycles. The number of carbonyl (C=O) groups is 2. The molecule has 3 unspecified atom stereocenters. The average molecular weight is 323 g/mol. The van der Waals surface area contributed by atoms with Gasteiger partial charge in [0, 0.05) is 18.2 Å². The zero-order valence-corrected chi connectivity index (χ0v) is 12.7. The molecule has 118 valence electrons. The summed E-state index contributed by atoms with van der Waals surface area (Å²) in [6.45, 7) is 1.23. The molecule has 3 atom stereocenters. The standard InChI is InChI=1S/C15H17NO5S/c1-9(17)16-12(14(19)20)8-22-15(21)11-5-3-2-4-10(11)6-7-13(15)18/h2-7,12-13,18,21H,8H2,1H3,(H,16,17)(H,19,20). The van der Waals surface area contributed by atoms with Crippen molar-refractivity contribution in [2.24, 2.45) is 0 Å². The molecular formula is C15H17NO5S. The molecule has 0 heterocycles. The highest BCUT2D eigenvalue weighted by Crippen LogP contribution is 2.42. The first-order valence-corrected chi connectivity index (χ1v) is 7.65. The molecule has 0 spiro atoms. The van der Waals surface area contributed by atoms with Gasteiger partial charge in [0.05, 0.1) is 0 Å². The van der Waals surface area contributed by atoms with Crippen molar-refractivity contribution < 1.29 is 24.9 Å². The van der Waals surface area contributed by atoms with Crippen molar-refractivity contribution >= 4 is 29.7 Å². The van der Waals surface area contributed by atoms with Gasteiger partial charge in [-0.3, -0.25) is 4.79 Å². The number of aliphatic hydroxyl groups is 2. The highest BCUT2D eigenvalue weighted by molar-refractivity contribution is 8.00. The van der Waals surface area contributed by atoms with Crippen molar-refractivity contribution in [3.05, 3.63) is 41.5 Å². The predicted octanol–water partition coefficient (Wildman–Crippen LogP) is 0.542. The van der Waals surface area contributed by atoms with Crippen LogP contribution in [0.5, 0.6) is 0 Å². The molecule has 6 nitrogen and oxygen atoms in total. The van der Waals surface area contributed by atoms with Crippen LogP contribution in [0.3, 0.4) is 0 Å². The lowest BCUT2D eigenvalue weighted by Crippen LogP contribution is -2.44. The van der Waals surface area contributed by atoms with E-state index in [0.717, 1.165) is 17.3 Å². The van der Waals surface area contributed by atoms with Gasteiger partial charge < -0.3 is 20.6 Å². The summed E-state index contributed by atoms with van der Waals surface area (Å²) in [7, 11) is 0. The number of carbonyl (C=O) groups excluding carboxylic acids is 1. The minimum absolute atomic E-state index is 0.0787. The van der Waals surface area contributed by atoms with E-state index in [1.165, 1.54) is 13.0 Å². The van der Waals surface area contributed by atoms with Crippen molar-refractivity contribution in [1.82, 2.24) is 5.32 Å². The van der Waals surface area contributed by atoms with Gasteiger partial charge in [0.1, 0.15) is 12.1 Å². The summed E-state index contributed by atoms with van der Waals surface area (Å²) in [5, 5.41) is 32.3. The lowest BCUT2D eigenvalue weighted by Gasteiger charge is -2.35. The number of fused-ring (bicyclic) bond motifs is 1. The molecule has 4 N–H and O–H groups in total. The highest BCUT2D eigenvalue weighted by Gasteiger charge is 2.41. The smallest absolute Gasteiger partial charge is 0.327 e. The Morgan fingerprint density at radius 3 is 2.73 bits per heavy atom. The van der Waals surface area contributed by atoms with Gasteiger partial charge in [0.25, 0.3) is 0 Å². The van der Waals surface area contributed by atoms with Gasteiger partial charge in [-0.15, -0.1) is 11.8 Å². The van der Waals surface area contributed by atoms with Crippen LogP contribution in [-0.4, -0.2) is 45.1 Å². The Morgan fingerprint density at radius 1 is 1.41 bits per heavy atom. The summed E-state index contributed by atoms with van der Waals surface area (Å²) in [5.41, 5.74) is 1.27. The fraction of sp³-hybridized carbons (Fsp3) is 0.333. The second-order valence-electron chi connectivity index (χ2n) is 4.99. The number of benzene rings is 1. The van der Waals surface area contributed by atoms with Crippen molar-refractivity contribution in [1.29, 1.82) is 0 Å². The van der Waals surface area contributed by atoms with Crippen molar-refractivity contribution in [3.8, 4) is 0 Å². The second kappa shape index (κ2) is 6.51. The maximum atomic E-state index is 11.2.